The molecular formula is C12H22O3. The molecule has 1 atom stereocenters. The van der Waals surface area contributed by atoms with Crippen molar-refractivity contribution in [2.24, 2.45) is 5.92 Å². The second kappa shape index (κ2) is 5.50. The minimum absolute atomic E-state index is 0.119. The van der Waals surface area contributed by atoms with E-state index >= 15 is 0 Å². The highest BCUT2D eigenvalue weighted by molar-refractivity contribution is 5.68. The van der Waals surface area contributed by atoms with Crippen LogP contribution < -0.4 is 0 Å². The van der Waals surface area contributed by atoms with Crippen LogP contribution in [-0.4, -0.2) is 23.8 Å². The molecular weight excluding hydrogens is 192 g/mol. The number of carboxylic acids is 1. The van der Waals surface area contributed by atoms with Crippen LogP contribution in [0.4, 0.5) is 0 Å². The minimum Gasteiger partial charge on any atom is -0.481 e. The number of aliphatic carboxylic acids is 1. The molecule has 0 amide bonds. The predicted octanol–water partition coefficient (Wildman–Crippen LogP) is 2.84. The van der Waals surface area contributed by atoms with Crippen molar-refractivity contribution in [3.05, 3.63) is 0 Å². The van der Waals surface area contributed by atoms with Gasteiger partial charge >= 0.3 is 5.97 Å². The van der Waals surface area contributed by atoms with Crippen molar-refractivity contribution in [3.8, 4) is 0 Å². The van der Waals surface area contributed by atoms with Gasteiger partial charge in [0.1, 0.15) is 0 Å². The van der Waals surface area contributed by atoms with E-state index in [0.717, 1.165) is 12.8 Å². The van der Waals surface area contributed by atoms with Crippen LogP contribution in [0.5, 0.6) is 0 Å². The molecule has 0 heterocycles. The number of carboxylic acid groups (broad SMARTS) is 1. The van der Waals surface area contributed by atoms with E-state index in [-0.39, 0.29) is 6.42 Å². The van der Waals surface area contributed by atoms with E-state index in [2.05, 4.69) is 0 Å². The molecule has 3 heteroatoms. The summed E-state index contributed by atoms with van der Waals surface area (Å²) in [5, 5.41) is 8.90. The van der Waals surface area contributed by atoms with Gasteiger partial charge in [0.25, 0.3) is 0 Å². The molecule has 1 aliphatic rings. The zero-order chi connectivity index (χ0) is 11.3. The van der Waals surface area contributed by atoms with Crippen molar-refractivity contribution in [2.75, 3.05) is 7.11 Å². The normalized spacial score (nSPS) is 23.1. The molecule has 0 aromatic carbocycles. The first kappa shape index (κ1) is 12.5. The van der Waals surface area contributed by atoms with E-state index in [1.165, 1.54) is 25.7 Å². The van der Waals surface area contributed by atoms with Crippen LogP contribution in [0, 0.1) is 5.92 Å². The van der Waals surface area contributed by atoms with Crippen molar-refractivity contribution < 1.29 is 14.6 Å². The summed E-state index contributed by atoms with van der Waals surface area (Å²) in [6.45, 7) is 1.94. The molecule has 0 radical (unpaired) electrons. The van der Waals surface area contributed by atoms with Crippen LogP contribution in [0.15, 0.2) is 0 Å². The van der Waals surface area contributed by atoms with Crippen LogP contribution in [-0.2, 0) is 9.53 Å². The summed E-state index contributed by atoms with van der Waals surface area (Å²) >= 11 is 0. The molecule has 3 nitrogen and oxygen atoms in total. The van der Waals surface area contributed by atoms with Gasteiger partial charge in [-0.2, -0.15) is 0 Å². The average Bonchev–Trinajstić information content (AvgIpc) is 2.44. The largest absolute Gasteiger partial charge is 0.481 e. The highest BCUT2D eigenvalue weighted by Crippen LogP contribution is 2.35. The van der Waals surface area contributed by atoms with Crippen molar-refractivity contribution in [1.29, 1.82) is 0 Å². The molecule has 1 unspecified atom stereocenters. The molecule has 1 N–H and O–H groups in total. The van der Waals surface area contributed by atoms with E-state index in [1.807, 2.05) is 6.92 Å². The Bertz CT molecular complexity index is 207. The number of hydrogen-bond acceptors (Lipinski definition) is 2. The van der Waals surface area contributed by atoms with E-state index in [4.69, 9.17) is 9.84 Å². The highest BCUT2D eigenvalue weighted by atomic mass is 16.5. The van der Waals surface area contributed by atoms with Crippen LogP contribution >= 0.6 is 0 Å². The van der Waals surface area contributed by atoms with E-state index in [9.17, 15) is 4.79 Å². The summed E-state index contributed by atoms with van der Waals surface area (Å²) in [5.74, 6) is -0.357. The van der Waals surface area contributed by atoms with Gasteiger partial charge in [-0.3, -0.25) is 4.79 Å². The highest BCUT2D eigenvalue weighted by Gasteiger charge is 2.36. The smallest absolute Gasteiger partial charge is 0.306 e. The first-order valence-corrected chi connectivity index (χ1v) is 5.85. The number of carbonyl (C=O) groups is 1. The van der Waals surface area contributed by atoms with Gasteiger partial charge in [0.15, 0.2) is 0 Å². The van der Waals surface area contributed by atoms with E-state index < -0.39 is 11.6 Å². The Hall–Kier alpha value is -0.570. The van der Waals surface area contributed by atoms with Crippen molar-refractivity contribution >= 4 is 5.97 Å². The lowest BCUT2D eigenvalue weighted by molar-refractivity contribution is -0.146. The summed E-state index contributed by atoms with van der Waals surface area (Å²) in [7, 11) is 1.63. The van der Waals surface area contributed by atoms with Gasteiger partial charge in [0, 0.05) is 7.11 Å². The molecule has 0 bridgehead atoms. The Morgan fingerprint density at radius 3 is 2.27 bits per heavy atom. The maximum atomic E-state index is 10.8. The maximum Gasteiger partial charge on any atom is 0.306 e. The van der Waals surface area contributed by atoms with Gasteiger partial charge in [-0.15, -0.1) is 0 Å². The minimum atomic E-state index is -0.761. The molecule has 0 spiro atoms. The zero-order valence-corrected chi connectivity index (χ0v) is 9.79. The zero-order valence-electron chi connectivity index (χ0n) is 9.79. The van der Waals surface area contributed by atoms with Gasteiger partial charge in [-0.25, -0.2) is 0 Å². The molecule has 0 aliphatic heterocycles. The topological polar surface area (TPSA) is 46.5 Å². The second-order valence-corrected chi connectivity index (χ2v) is 4.78. The Balaban J connectivity index is 2.64. The first-order chi connectivity index (χ1) is 7.08. The standard InChI is InChI=1S/C12H22O3/c1-12(15-2,9-11(13)14)10-7-5-3-4-6-8-10/h10H,3-9H2,1-2H3,(H,13,14). The second-order valence-electron chi connectivity index (χ2n) is 4.78. The Labute approximate surface area is 91.8 Å². The van der Waals surface area contributed by atoms with E-state index in [1.54, 1.807) is 7.11 Å². The lowest BCUT2D eigenvalue weighted by Gasteiger charge is -2.35. The lowest BCUT2D eigenvalue weighted by Crippen LogP contribution is -2.39. The first-order valence-electron chi connectivity index (χ1n) is 5.85. The summed E-state index contributed by atoms with van der Waals surface area (Å²) in [6.07, 6.45) is 7.32. The van der Waals surface area contributed by atoms with Crippen LogP contribution in [0.1, 0.15) is 51.9 Å². The summed E-state index contributed by atoms with van der Waals surface area (Å²) in [5.41, 5.74) is -0.476. The summed E-state index contributed by atoms with van der Waals surface area (Å²) < 4.78 is 5.46. The molecule has 1 rings (SSSR count). The molecule has 1 aliphatic carbocycles. The fourth-order valence-electron chi connectivity index (χ4n) is 2.57. The average molecular weight is 214 g/mol. The van der Waals surface area contributed by atoms with Gasteiger partial charge in [0.05, 0.1) is 12.0 Å². The molecule has 15 heavy (non-hydrogen) atoms. The third-order valence-corrected chi connectivity index (χ3v) is 3.69. The molecule has 1 saturated carbocycles. The third-order valence-electron chi connectivity index (χ3n) is 3.69. The van der Waals surface area contributed by atoms with E-state index in [0.29, 0.717) is 5.92 Å². The van der Waals surface area contributed by atoms with Crippen molar-refractivity contribution in [2.45, 2.75) is 57.5 Å². The van der Waals surface area contributed by atoms with Crippen molar-refractivity contribution in [1.82, 2.24) is 0 Å². The molecule has 1 fully saturated rings. The van der Waals surface area contributed by atoms with Gasteiger partial charge in [-0.05, 0) is 25.7 Å². The molecule has 88 valence electrons. The van der Waals surface area contributed by atoms with Crippen molar-refractivity contribution in [3.63, 3.8) is 0 Å². The molecule has 0 saturated heterocycles. The molecule has 0 aromatic heterocycles. The maximum absolute atomic E-state index is 10.8. The van der Waals surface area contributed by atoms with Gasteiger partial charge in [0.2, 0.25) is 0 Å². The number of ether oxygens (including phenoxy) is 1. The SMILES string of the molecule is COC(C)(CC(=O)O)C1CCCCCC1. The third kappa shape index (κ3) is 3.49. The Morgan fingerprint density at radius 2 is 1.87 bits per heavy atom. The Morgan fingerprint density at radius 1 is 1.33 bits per heavy atom. The summed E-state index contributed by atoms with van der Waals surface area (Å²) in [4.78, 5) is 10.8. The fraction of sp³-hybridized carbons (Fsp3) is 0.917. The number of hydrogen-bond donors (Lipinski definition) is 1. The Kier molecular flexibility index (Phi) is 4.58. The fourth-order valence-corrected chi connectivity index (χ4v) is 2.57. The van der Waals surface area contributed by atoms with Crippen LogP contribution in [0.25, 0.3) is 0 Å². The predicted molar refractivity (Wildman–Crippen MR) is 58.9 cm³/mol. The van der Waals surface area contributed by atoms with Gasteiger partial charge < -0.3 is 9.84 Å². The van der Waals surface area contributed by atoms with Crippen LogP contribution in [0.3, 0.4) is 0 Å². The summed E-state index contributed by atoms with van der Waals surface area (Å²) in [6, 6.07) is 0. The van der Waals surface area contributed by atoms with Gasteiger partial charge in [-0.1, -0.05) is 25.7 Å². The lowest BCUT2D eigenvalue weighted by atomic mass is 9.81. The number of methoxy groups -OCH3 is 1. The number of rotatable bonds is 4. The monoisotopic (exact) mass is 214 g/mol. The van der Waals surface area contributed by atoms with Crippen LogP contribution in [0.2, 0.25) is 0 Å². The quantitative estimate of drug-likeness (QED) is 0.732. The molecule has 0 aromatic rings.